The minimum atomic E-state index is -0.0542. The van der Waals surface area contributed by atoms with Crippen molar-refractivity contribution in [3.8, 4) is 0 Å². The molecule has 5 nitrogen and oxygen atoms in total. The zero-order valence-corrected chi connectivity index (χ0v) is 14.7. The van der Waals surface area contributed by atoms with E-state index in [9.17, 15) is 9.59 Å². The Morgan fingerprint density at radius 1 is 0.909 bits per heavy atom. The molecular formula is C17H34N2O3. The second-order valence-corrected chi connectivity index (χ2v) is 6.16. The lowest BCUT2D eigenvalue weighted by Gasteiger charge is -2.23. The standard InChI is InChI=1S/C17H34N2O3/c1-5-7-14(4)16(21)18-10-9-13(3)15(8-6-2)17(22)19-11-12-20/h13-15,20H,5-12H2,1-4H3,(H,18,21)(H,19,22). The zero-order valence-electron chi connectivity index (χ0n) is 14.7. The van der Waals surface area contributed by atoms with E-state index < -0.39 is 0 Å². The third kappa shape index (κ3) is 8.37. The Morgan fingerprint density at radius 2 is 1.50 bits per heavy atom. The third-order valence-corrected chi connectivity index (χ3v) is 4.10. The number of hydrogen-bond donors (Lipinski definition) is 3. The molecule has 3 unspecified atom stereocenters. The Bertz CT molecular complexity index is 321. The van der Waals surface area contributed by atoms with Gasteiger partial charge in [0.25, 0.3) is 0 Å². The smallest absolute Gasteiger partial charge is 0.223 e. The van der Waals surface area contributed by atoms with Crippen LogP contribution < -0.4 is 10.6 Å². The summed E-state index contributed by atoms with van der Waals surface area (Å²) in [6.07, 6.45) is 4.49. The fourth-order valence-electron chi connectivity index (χ4n) is 2.66. The lowest BCUT2D eigenvalue weighted by molar-refractivity contribution is -0.127. The molecule has 0 aliphatic heterocycles. The normalized spacial score (nSPS) is 15.0. The van der Waals surface area contributed by atoms with Crippen molar-refractivity contribution in [1.29, 1.82) is 0 Å². The summed E-state index contributed by atoms with van der Waals surface area (Å²) in [5, 5.41) is 14.5. The van der Waals surface area contributed by atoms with E-state index in [1.807, 2.05) is 6.92 Å². The van der Waals surface area contributed by atoms with Gasteiger partial charge in [0.15, 0.2) is 0 Å². The molecule has 0 fully saturated rings. The highest BCUT2D eigenvalue weighted by Gasteiger charge is 2.24. The number of aliphatic hydroxyl groups excluding tert-OH is 1. The quantitative estimate of drug-likeness (QED) is 0.516. The van der Waals surface area contributed by atoms with Gasteiger partial charge in [0, 0.05) is 24.9 Å². The summed E-state index contributed by atoms with van der Waals surface area (Å²) in [5.41, 5.74) is 0. The predicted octanol–water partition coefficient (Wildman–Crippen LogP) is 2.09. The highest BCUT2D eigenvalue weighted by molar-refractivity contribution is 5.79. The van der Waals surface area contributed by atoms with Crippen molar-refractivity contribution >= 4 is 11.8 Å². The fraction of sp³-hybridized carbons (Fsp3) is 0.882. The van der Waals surface area contributed by atoms with Crippen LogP contribution in [0.25, 0.3) is 0 Å². The van der Waals surface area contributed by atoms with Crippen molar-refractivity contribution in [3.63, 3.8) is 0 Å². The molecule has 3 N–H and O–H groups in total. The van der Waals surface area contributed by atoms with Gasteiger partial charge in [-0.1, -0.05) is 40.5 Å². The van der Waals surface area contributed by atoms with Gasteiger partial charge in [-0.25, -0.2) is 0 Å². The van der Waals surface area contributed by atoms with Crippen LogP contribution in [0.5, 0.6) is 0 Å². The molecule has 0 radical (unpaired) electrons. The number of aliphatic hydroxyl groups is 1. The van der Waals surface area contributed by atoms with Gasteiger partial charge >= 0.3 is 0 Å². The van der Waals surface area contributed by atoms with E-state index in [1.165, 1.54) is 0 Å². The van der Waals surface area contributed by atoms with E-state index in [0.29, 0.717) is 13.1 Å². The van der Waals surface area contributed by atoms with E-state index in [4.69, 9.17) is 5.11 Å². The van der Waals surface area contributed by atoms with Gasteiger partial charge in [-0.3, -0.25) is 9.59 Å². The predicted molar refractivity (Wildman–Crippen MR) is 89.4 cm³/mol. The first-order valence-electron chi connectivity index (χ1n) is 8.64. The summed E-state index contributed by atoms with van der Waals surface area (Å²) in [6, 6.07) is 0. The molecule has 0 bridgehead atoms. The second kappa shape index (κ2) is 12.4. The summed E-state index contributed by atoms with van der Waals surface area (Å²) in [6.45, 7) is 9.02. The number of rotatable bonds is 12. The van der Waals surface area contributed by atoms with Crippen LogP contribution in [0, 0.1) is 17.8 Å². The van der Waals surface area contributed by atoms with Gasteiger partial charge in [0.1, 0.15) is 0 Å². The van der Waals surface area contributed by atoms with E-state index in [2.05, 4.69) is 31.4 Å². The Labute approximate surface area is 135 Å². The molecule has 0 aliphatic carbocycles. The molecule has 2 amide bonds. The van der Waals surface area contributed by atoms with Crippen LogP contribution in [-0.4, -0.2) is 36.6 Å². The highest BCUT2D eigenvalue weighted by atomic mass is 16.3. The monoisotopic (exact) mass is 314 g/mol. The molecular weight excluding hydrogens is 280 g/mol. The minimum absolute atomic E-state index is 0.00841. The molecule has 0 aromatic carbocycles. The third-order valence-electron chi connectivity index (χ3n) is 4.10. The molecule has 3 atom stereocenters. The highest BCUT2D eigenvalue weighted by Crippen LogP contribution is 2.20. The summed E-state index contributed by atoms with van der Waals surface area (Å²) in [4.78, 5) is 24.0. The Hall–Kier alpha value is -1.10. The molecule has 0 aromatic heterocycles. The van der Waals surface area contributed by atoms with Crippen molar-refractivity contribution in [2.45, 2.75) is 59.8 Å². The molecule has 130 valence electrons. The maximum absolute atomic E-state index is 12.1. The van der Waals surface area contributed by atoms with Crippen molar-refractivity contribution in [2.24, 2.45) is 17.8 Å². The molecule has 0 rings (SSSR count). The van der Waals surface area contributed by atoms with Crippen molar-refractivity contribution in [1.82, 2.24) is 10.6 Å². The number of carbonyl (C=O) groups excluding carboxylic acids is 2. The van der Waals surface area contributed by atoms with Crippen LogP contribution in [0.15, 0.2) is 0 Å². The minimum Gasteiger partial charge on any atom is -0.395 e. The van der Waals surface area contributed by atoms with E-state index in [-0.39, 0.29) is 36.2 Å². The number of amides is 2. The van der Waals surface area contributed by atoms with Gasteiger partial charge < -0.3 is 15.7 Å². The van der Waals surface area contributed by atoms with Crippen LogP contribution in [-0.2, 0) is 9.59 Å². The molecule has 0 aromatic rings. The van der Waals surface area contributed by atoms with Crippen LogP contribution >= 0.6 is 0 Å². The maximum atomic E-state index is 12.1. The lowest BCUT2D eigenvalue weighted by atomic mass is 9.86. The van der Waals surface area contributed by atoms with E-state index in [1.54, 1.807) is 0 Å². The molecule has 0 saturated carbocycles. The first kappa shape index (κ1) is 20.9. The lowest BCUT2D eigenvalue weighted by Crippen LogP contribution is -2.37. The van der Waals surface area contributed by atoms with Gasteiger partial charge in [0.2, 0.25) is 11.8 Å². The van der Waals surface area contributed by atoms with Gasteiger partial charge in [0.05, 0.1) is 6.61 Å². The molecule has 0 spiro atoms. The van der Waals surface area contributed by atoms with E-state index in [0.717, 1.165) is 32.1 Å². The van der Waals surface area contributed by atoms with Crippen LogP contribution in [0.2, 0.25) is 0 Å². The first-order valence-corrected chi connectivity index (χ1v) is 8.64. The Kier molecular flexibility index (Phi) is 11.8. The average Bonchev–Trinajstić information content (AvgIpc) is 2.50. The zero-order chi connectivity index (χ0) is 17.0. The van der Waals surface area contributed by atoms with Crippen molar-refractivity contribution in [3.05, 3.63) is 0 Å². The van der Waals surface area contributed by atoms with Crippen LogP contribution in [0.4, 0.5) is 0 Å². The Morgan fingerprint density at radius 3 is 2.05 bits per heavy atom. The van der Waals surface area contributed by atoms with Gasteiger partial charge in [-0.2, -0.15) is 0 Å². The molecule has 0 saturated heterocycles. The van der Waals surface area contributed by atoms with Gasteiger partial charge in [-0.05, 0) is 25.2 Å². The van der Waals surface area contributed by atoms with Crippen LogP contribution in [0.3, 0.4) is 0 Å². The largest absolute Gasteiger partial charge is 0.395 e. The second-order valence-electron chi connectivity index (χ2n) is 6.16. The SMILES string of the molecule is CCCC(C)C(=O)NCCC(C)C(CCC)C(=O)NCCO. The van der Waals surface area contributed by atoms with Crippen LogP contribution in [0.1, 0.15) is 59.8 Å². The Balaban J connectivity index is 4.25. The summed E-state index contributed by atoms with van der Waals surface area (Å²) < 4.78 is 0. The van der Waals surface area contributed by atoms with Gasteiger partial charge in [-0.15, -0.1) is 0 Å². The van der Waals surface area contributed by atoms with Crippen molar-refractivity contribution in [2.75, 3.05) is 19.7 Å². The number of hydrogen-bond acceptors (Lipinski definition) is 3. The summed E-state index contributed by atoms with van der Waals surface area (Å²) in [7, 11) is 0. The van der Waals surface area contributed by atoms with E-state index >= 15 is 0 Å². The summed E-state index contributed by atoms with van der Waals surface area (Å²) >= 11 is 0. The topological polar surface area (TPSA) is 78.4 Å². The molecule has 5 heteroatoms. The molecule has 22 heavy (non-hydrogen) atoms. The first-order chi connectivity index (χ1) is 10.5. The van der Waals surface area contributed by atoms with Crippen molar-refractivity contribution < 1.29 is 14.7 Å². The number of carbonyl (C=O) groups is 2. The molecule has 0 aliphatic rings. The fourth-order valence-corrected chi connectivity index (χ4v) is 2.66. The number of nitrogens with one attached hydrogen (secondary N) is 2. The average molecular weight is 314 g/mol. The summed E-state index contributed by atoms with van der Waals surface area (Å²) in [5.74, 6) is 0.321. The maximum Gasteiger partial charge on any atom is 0.223 e. The molecule has 0 heterocycles.